The first-order chi connectivity index (χ1) is 6.84. The lowest BCUT2D eigenvalue weighted by Gasteiger charge is -2.25. The van der Waals surface area contributed by atoms with E-state index in [0.717, 1.165) is 5.75 Å². The van der Waals surface area contributed by atoms with Crippen LogP contribution in [0.4, 0.5) is 0 Å². The van der Waals surface area contributed by atoms with E-state index in [2.05, 4.69) is 10.9 Å². The Hall–Kier alpha value is -1.23. The first kappa shape index (κ1) is 9.33. The SMILES string of the molecule is ClN1NC=CC(Oc2ccccc2)N1. The lowest BCUT2D eigenvalue weighted by molar-refractivity contribution is 0.108. The smallest absolute Gasteiger partial charge is 0.186 e. The third kappa shape index (κ3) is 2.38. The maximum atomic E-state index is 5.66. The molecule has 1 aromatic carbocycles. The van der Waals surface area contributed by atoms with E-state index in [1.807, 2.05) is 36.4 Å². The fourth-order valence-corrected chi connectivity index (χ4v) is 1.25. The van der Waals surface area contributed by atoms with Gasteiger partial charge in [-0.25, -0.2) is 0 Å². The Labute approximate surface area is 87.2 Å². The van der Waals surface area contributed by atoms with Crippen LogP contribution in [0.15, 0.2) is 42.6 Å². The Bertz CT molecular complexity index is 317. The first-order valence-corrected chi connectivity index (χ1v) is 4.55. The average molecular weight is 212 g/mol. The molecule has 1 aliphatic heterocycles. The minimum atomic E-state index is -0.254. The summed E-state index contributed by atoms with van der Waals surface area (Å²) >= 11 is 5.66. The number of hydrazine groups is 2. The maximum absolute atomic E-state index is 5.66. The molecule has 0 bridgehead atoms. The van der Waals surface area contributed by atoms with Gasteiger partial charge < -0.3 is 4.74 Å². The molecule has 0 aromatic heterocycles. The van der Waals surface area contributed by atoms with Crippen molar-refractivity contribution in [3.05, 3.63) is 42.6 Å². The summed E-state index contributed by atoms with van der Waals surface area (Å²) < 4.78 is 6.78. The summed E-state index contributed by atoms with van der Waals surface area (Å²) in [6, 6.07) is 9.54. The number of para-hydroxylation sites is 1. The molecule has 0 fully saturated rings. The van der Waals surface area contributed by atoms with E-state index in [1.165, 1.54) is 4.64 Å². The van der Waals surface area contributed by atoms with Gasteiger partial charge in [-0.15, -0.1) is 0 Å². The van der Waals surface area contributed by atoms with Crippen molar-refractivity contribution in [2.75, 3.05) is 0 Å². The van der Waals surface area contributed by atoms with Crippen LogP contribution in [-0.2, 0) is 0 Å². The topological polar surface area (TPSA) is 36.5 Å². The Morgan fingerprint density at radius 2 is 2.07 bits per heavy atom. The van der Waals surface area contributed by atoms with Crippen molar-refractivity contribution in [2.45, 2.75) is 6.23 Å². The predicted molar refractivity (Wildman–Crippen MR) is 54.0 cm³/mol. The molecule has 0 radical (unpaired) electrons. The number of hydrogen-bond acceptors (Lipinski definition) is 4. The van der Waals surface area contributed by atoms with E-state index < -0.39 is 0 Å². The second-order valence-corrected chi connectivity index (χ2v) is 3.09. The molecule has 1 heterocycles. The molecule has 0 amide bonds. The van der Waals surface area contributed by atoms with E-state index in [0.29, 0.717) is 0 Å². The molecular formula is C9H10ClN3O. The summed E-state index contributed by atoms with van der Waals surface area (Å²) in [5.74, 6) is 0.793. The number of halogens is 1. The molecular weight excluding hydrogens is 202 g/mol. The number of rotatable bonds is 2. The van der Waals surface area contributed by atoms with Crippen molar-refractivity contribution in [3.8, 4) is 5.75 Å². The molecule has 0 saturated carbocycles. The van der Waals surface area contributed by atoms with Crippen LogP contribution >= 0.6 is 11.8 Å². The lowest BCUT2D eigenvalue weighted by Crippen LogP contribution is -2.49. The molecule has 0 aliphatic carbocycles. The average Bonchev–Trinajstić information content (AvgIpc) is 2.19. The zero-order valence-corrected chi connectivity index (χ0v) is 8.11. The number of benzene rings is 1. The van der Waals surface area contributed by atoms with Gasteiger partial charge >= 0.3 is 0 Å². The molecule has 1 atom stereocenters. The van der Waals surface area contributed by atoms with Crippen molar-refractivity contribution in [2.24, 2.45) is 0 Å². The highest BCUT2D eigenvalue weighted by molar-refractivity contribution is 6.12. The Morgan fingerprint density at radius 3 is 2.79 bits per heavy atom. The van der Waals surface area contributed by atoms with E-state index in [4.69, 9.17) is 16.5 Å². The van der Waals surface area contributed by atoms with Crippen molar-refractivity contribution < 1.29 is 4.74 Å². The van der Waals surface area contributed by atoms with E-state index in [1.54, 1.807) is 6.20 Å². The quantitative estimate of drug-likeness (QED) is 0.725. The van der Waals surface area contributed by atoms with E-state index in [-0.39, 0.29) is 6.23 Å². The third-order valence-electron chi connectivity index (χ3n) is 1.71. The highest BCUT2D eigenvalue weighted by Crippen LogP contribution is 2.11. The van der Waals surface area contributed by atoms with Crippen LogP contribution in [0.5, 0.6) is 5.75 Å². The Balaban J connectivity index is 1.98. The second kappa shape index (κ2) is 4.32. The Kier molecular flexibility index (Phi) is 2.88. The second-order valence-electron chi connectivity index (χ2n) is 2.75. The first-order valence-electron chi connectivity index (χ1n) is 4.21. The van der Waals surface area contributed by atoms with Crippen LogP contribution in [0.1, 0.15) is 0 Å². The molecule has 2 N–H and O–H groups in total. The number of ether oxygens (including phenoxy) is 1. The minimum Gasteiger partial charge on any atom is -0.470 e. The largest absolute Gasteiger partial charge is 0.470 e. The molecule has 1 unspecified atom stereocenters. The fraction of sp³-hybridized carbons (Fsp3) is 0.111. The zero-order chi connectivity index (χ0) is 9.80. The normalized spacial score (nSPS) is 21.6. The lowest BCUT2D eigenvalue weighted by atomic mass is 10.3. The van der Waals surface area contributed by atoms with Gasteiger partial charge in [-0.05, 0) is 18.2 Å². The molecule has 1 aliphatic rings. The zero-order valence-electron chi connectivity index (χ0n) is 7.35. The monoisotopic (exact) mass is 211 g/mol. The molecule has 4 nitrogen and oxygen atoms in total. The summed E-state index contributed by atoms with van der Waals surface area (Å²) in [6.07, 6.45) is 3.28. The summed E-state index contributed by atoms with van der Waals surface area (Å²) in [7, 11) is 0. The van der Waals surface area contributed by atoms with Gasteiger partial charge in [0, 0.05) is 18.0 Å². The van der Waals surface area contributed by atoms with Crippen LogP contribution in [0.2, 0.25) is 0 Å². The molecule has 0 saturated heterocycles. The summed E-state index contributed by atoms with van der Waals surface area (Å²) in [6.45, 7) is 0. The molecule has 1 aromatic rings. The standard InChI is InChI=1S/C9H10ClN3O/c10-13-11-7-6-9(12-13)14-8-4-2-1-3-5-8/h1-7,9,11-12H. The van der Waals surface area contributed by atoms with Gasteiger partial charge in [-0.3, -0.25) is 5.43 Å². The van der Waals surface area contributed by atoms with Crippen molar-refractivity contribution in [1.29, 1.82) is 0 Å². The third-order valence-corrected chi connectivity index (χ3v) is 1.90. The van der Waals surface area contributed by atoms with Gasteiger partial charge in [0.2, 0.25) is 0 Å². The van der Waals surface area contributed by atoms with Crippen LogP contribution in [0.3, 0.4) is 0 Å². The number of nitrogens with zero attached hydrogens (tertiary/aromatic N) is 1. The molecule has 0 spiro atoms. The fourth-order valence-electron chi connectivity index (χ4n) is 1.10. The molecule has 2 rings (SSSR count). The number of nitrogens with one attached hydrogen (secondary N) is 2. The van der Waals surface area contributed by atoms with Crippen molar-refractivity contribution in [3.63, 3.8) is 0 Å². The number of hydrogen-bond donors (Lipinski definition) is 2. The predicted octanol–water partition coefficient (Wildman–Crippen LogP) is 1.38. The van der Waals surface area contributed by atoms with E-state index in [9.17, 15) is 0 Å². The van der Waals surface area contributed by atoms with Crippen LogP contribution in [0, 0.1) is 0 Å². The highest BCUT2D eigenvalue weighted by atomic mass is 35.5. The van der Waals surface area contributed by atoms with Gasteiger partial charge in [0.1, 0.15) is 5.75 Å². The highest BCUT2D eigenvalue weighted by Gasteiger charge is 2.12. The van der Waals surface area contributed by atoms with Crippen LogP contribution in [-0.4, -0.2) is 10.9 Å². The van der Waals surface area contributed by atoms with Gasteiger partial charge in [-0.1, -0.05) is 22.8 Å². The van der Waals surface area contributed by atoms with Gasteiger partial charge in [-0.2, -0.15) is 5.43 Å². The summed E-state index contributed by atoms with van der Waals surface area (Å²) in [5, 5.41) is 0. The summed E-state index contributed by atoms with van der Waals surface area (Å²) in [5.41, 5.74) is 5.57. The maximum Gasteiger partial charge on any atom is 0.186 e. The van der Waals surface area contributed by atoms with E-state index >= 15 is 0 Å². The van der Waals surface area contributed by atoms with Crippen molar-refractivity contribution >= 4 is 11.8 Å². The summed E-state index contributed by atoms with van der Waals surface area (Å²) in [4.78, 5) is 0. The van der Waals surface area contributed by atoms with Gasteiger partial charge in [0.05, 0.1) is 0 Å². The molecule has 14 heavy (non-hydrogen) atoms. The van der Waals surface area contributed by atoms with Crippen LogP contribution in [0.25, 0.3) is 0 Å². The van der Waals surface area contributed by atoms with Crippen LogP contribution < -0.4 is 15.6 Å². The van der Waals surface area contributed by atoms with Gasteiger partial charge in [0.15, 0.2) is 6.23 Å². The van der Waals surface area contributed by atoms with Crippen molar-refractivity contribution in [1.82, 2.24) is 15.5 Å². The minimum absolute atomic E-state index is 0.254. The Morgan fingerprint density at radius 1 is 1.29 bits per heavy atom. The molecule has 5 heteroatoms. The molecule has 74 valence electrons. The van der Waals surface area contributed by atoms with Gasteiger partial charge in [0.25, 0.3) is 0 Å².